The van der Waals surface area contributed by atoms with E-state index in [1.54, 1.807) is 0 Å². The molecular formula is C4H6O3. The summed E-state index contributed by atoms with van der Waals surface area (Å²) in [5.41, 5.74) is 0. The van der Waals surface area contributed by atoms with Gasteiger partial charge in [0, 0.05) is 6.92 Å². The van der Waals surface area contributed by atoms with Gasteiger partial charge in [0.05, 0.1) is 0 Å². The van der Waals surface area contributed by atoms with Gasteiger partial charge in [0.15, 0.2) is 12.1 Å². The average molecular weight is 102 g/mol. The quantitative estimate of drug-likeness (QED) is 0.334. The zero-order chi connectivity index (χ0) is 6.28. The Hall–Kier alpha value is -0.990. The molecule has 40 valence electrons. The van der Waals surface area contributed by atoms with Crippen molar-refractivity contribution in [3.8, 4) is 0 Å². The SMILES string of the molecule is C=O.CC(=O)C=O. The van der Waals surface area contributed by atoms with E-state index in [1.165, 1.54) is 6.92 Å². The minimum absolute atomic E-state index is 0.278. The predicted molar refractivity (Wildman–Crippen MR) is 23.9 cm³/mol. The van der Waals surface area contributed by atoms with E-state index in [1.807, 2.05) is 6.79 Å². The number of hydrogen-bond donors (Lipinski definition) is 0. The molecule has 0 saturated heterocycles. The van der Waals surface area contributed by atoms with Gasteiger partial charge in [-0.1, -0.05) is 0 Å². The summed E-state index contributed by atoms with van der Waals surface area (Å²) < 4.78 is 0. The summed E-state index contributed by atoms with van der Waals surface area (Å²) in [7, 11) is 0. The molecule has 0 aliphatic carbocycles. The van der Waals surface area contributed by atoms with Gasteiger partial charge in [0.1, 0.15) is 6.79 Å². The second-order valence-electron chi connectivity index (χ2n) is 0.729. The molecule has 0 atom stereocenters. The Balaban J connectivity index is 0. The van der Waals surface area contributed by atoms with E-state index in [4.69, 9.17) is 9.59 Å². The first kappa shape index (κ1) is 9.38. The fourth-order valence-electron chi connectivity index (χ4n) is 0. The minimum Gasteiger partial charge on any atom is -0.307 e. The summed E-state index contributed by atoms with van der Waals surface area (Å²) >= 11 is 0. The molecule has 0 radical (unpaired) electrons. The Morgan fingerprint density at radius 3 is 1.71 bits per heavy atom. The maximum atomic E-state index is 9.44. The van der Waals surface area contributed by atoms with Crippen molar-refractivity contribution in [3.63, 3.8) is 0 Å². The maximum Gasteiger partial charge on any atom is 0.192 e. The van der Waals surface area contributed by atoms with Crippen LogP contribution in [0.2, 0.25) is 0 Å². The number of Topliss-reactive ketones (excluding diaryl/α,β-unsaturated/α-hetero) is 1. The van der Waals surface area contributed by atoms with Gasteiger partial charge in [-0.2, -0.15) is 0 Å². The number of carbonyl (C=O) groups is 3. The van der Waals surface area contributed by atoms with Crippen LogP contribution in [0.5, 0.6) is 0 Å². The lowest BCUT2D eigenvalue weighted by Crippen LogP contribution is -1.85. The summed E-state index contributed by atoms with van der Waals surface area (Å²) in [6, 6.07) is 0. The van der Waals surface area contributed by atoms with Crippen LogP contribution in [-0.4, -0.2) is 18.9 Å². The first-order valence-electron chi connectivity index (χ1n) is 1.52. The van der Waals surface area contributed by atoms with E-state index in [0.717, 1.165) is 0 Å². The van der Waals surface area contributed by atoms with Crippen molar-refractivity contribution in [3.05, 3.63) is 0 Å². The van der Waals surface area contributed by atoms with E-state index in [-0.39, 0.29) is 6.29 Å². The lowest BCUT2D eigenvalue weighted by molar-refractivity contribution is -0.128. The Bertz CT molecular complexity index is 67.3. The summed E-state index contributed by atoms with van der Waals surface area (Å²) in [5, 5.41) is 0. The molecule has 0 spiro atoms. The Kier molecular flexibility index (Phi) is 11.9. The molecule has 0 saturated carbocycles. The van der Waals surface area contributed by atoms with Crippen LogP contribution in [0.4, 0.5) is 0 Å². The number of carbonyl (C=O) groups excluding carboxylic acids is 3. The topological polar surface area (TPSA) is 51.2 Å². The van der Waals surface area contributed by atoms with Gasteiger partial charge in [0.25, 0.3) is 0 Å². The average Bonchev–Trinajstić information content (AvgIpc) is 1.73. The van der Waals surface area contributed by atoms with Crippen LogP contribution in [0, 0.1) is 0 Å². The molecular weight excluding hydrogens is 96.0 g/mol. The van der Waals surface area contributed by atoms with E-state index in [0.29, 0.717) is 0 Å². The zero-order valence-corrected chi connectivity index (χ0v) is 4.01. The smallest absolute Gasteiger partial charge is 0.192 e. The highest BCUT2D eigenvalue weighted by molar-refractivity contribution is 6.23. The van der Waals surface area contributed by atoms with Crippen LogP contribution in [0.1, 0.15) is 6.92 Å². The van der Waals surface area contributed by atoms with Gasteiger partial charge in [-0.25, -0.2) is 0 Å². The molecule has 0 heterocycles. The molecule has 7 heavy (non-hydrogen) atoms. The van der Waals surface area contributed by atoms with E-state index in [9.17, 15) is 4.79 Å². The molecule has 0 aromatic rings. The van der Waals surface area contributed by atoms with Gasteiger partial charge in [-0.3, -0.25) is 9.59 Å². The Morgan fingerprint density at radius 2 is 1.71 bits per heavy atom. The van der Waals surface area contributed by atoms with Crippen molar-refractivity contribution in [1.82, 2.24) is 0 Å². The van der Waals surface area contributed by atoms with Crippen molar-refractivity contribution >= 4 is 18.9 Å². The monoisotopic (exact) mass is 102 g/mol. The normalized spacial score (nSPS) is 5.29. The zero-order valence-electron chi connectivity index (χ0n) is 4.01. The van der Waals surface area contributed by atoms with Gasteiger partial charge < -0.3 is 4.79 Å². The third-order valence-corrected chi connectivity index (χ3v) is 0.166. The lowest BCUT2D eigenvalue weighted by atomic mass is 10.5. The third-order valence-electron chi connectivity index (χ3n) is 0.166. The van der Waals surface area contributed by atoms with Gasteiger partial charge in [0.2, 0.25) is 0 Å². The highest BCUT2D eigenvalue weighted by Gasteiger charge is 1.76. The molecule has 0 amide bonds. The standard InChI is InChI=1S/C3H4O2.CH2O/c1-3(5)2-4;1-2/h2H,1H3;1H2. The van der Waals surface area contributed by atoms with E-state index >= 15 is 0 Å². The maximum absolute atomic E-state index is 9.44. The van der Waals surface area contributed by atoms with Gasteiger partial charge >= 0.3 is 0 Å². The first-order chi connectivity index (χ1) is 3.27. The number of hydrogen-bond acceptors (Lipinski definition) is 3. The fourth-order valence-corrected chi connectivity index (χ4v) is 0. The molecule has 3 heteroatoms. The molecule has 0 aliphatic rings. The molecule has 0 aromatic heterocycles. The Labute approximate surface area is 41.3 Å². The van der Waals surface area contributed by atoms with Crippen molar-refractivity contribution in [2.45, 2.75) is 6.92 Å². The molecule has 0 bridgehead atoms. The van der Waals surface area contributed by atoms with Crippen LogP contribution >= 0.6 is 0 Å². The first-order valence-corrected chi connectivity index (χ1v) is 1.52. The Morgan fingerprint density at radius 1 is 1.57 bits per heavy atom. The minimum atomic E-state index is -0.426. The highest BCUT2D eigenvalue weighted by Crippen LogP contribution is 1.48. The van der Waals surface area contributed by atoms with Crippen molar-refractivity contribution in [2.75, 3.05) is 0 Å². The second kappa shape index (κ2) is 8.89. The van der Waals surface area contributed by atoms with Crippen LogP contribution in [0.15, 0.2) is 0 Å². The highest BCUT2D eigenvalue weighted by atomic mass is 16.2. The molecule has 0 rings (SSSR count). The largest absolute Gasteiger partial charge is 0.307 e. The number of aldehydes is 1. The molecule has 3 nitrogen and oxygen atoms in total. The van der Waals surface area contributed by atoms with Gasteiger partial charge in [-0.15, -0.1) is 0 Å². The van der Waals surface area contributed by atoms with Crippen LogP contribution in [-0.2, 0) is 14.4 Å². The fraction of sp³-hybridized carbons (Fsp3) is 0.250. The molecule has 0 aromatic carbocycles. The number of rotatable bonds is 1. The van der Waals surface area contributed by atoms with Crippen LogP contribution in [0.25, 0.3) is 0 Å². The van der Waals surface area contributed by atoms with Crippen LogP contribution < -0.4 is 0 Å². The lowest BCUT2D eigenvalue weighted by Gasteiger charge is -1.57. The predicted octanol–water partition coefficient (Wildman–Crippen LogP) is -0.411. The van der Waals surface area contributed by atoms with E-state index < -0.39 is 5.78 Å². The summed E-state index contributed by atoms with van der Waals surface area (Å²) in [6.45, 7) is 3.22. The third kappa shape index (κ3) is 44.5. The number of ketones is 1. The van der Waals surface area contributed by atoms with E-state index in [2.05, 4.69) is 0 Å². The van der Waals surface area contributed by atoms with Crippen molar-refractivity contribution in [1.29, 1.82) is 0 Å². The van der Waals surface area contributed by atoms with Crippen LogP contribution in [0.3, 0.4) is 0 Å². The molecule has 0 unspecified atom stereocenters. The molecule has 0 fully saturated rings. The molecule has 0 aliphatic heterocycles. The molecule has 0 N–H and O–H groups in total. The van der Waals surface area contributed by atoms with Gasteiger partial charge in [-0.05, 0) is 0 Å². The van der Waals surface area contributed by atoms with Crippen molar-refractivity contribution in [2.24, 2.45) is 0 Å². The second-order valence-corrected chi connectivity index (χ2v) is 0.729. The van der Waals surface area contributed by atoms with Crippen molar-refractivity contribution < 1.29 is 14.4 Å². The summed E-state index contributed by atoms with van der Waals surface area (Å²) in [5.74, 6) is -0.426. The summed E-state index contributed by atoms with van der Waals surface area (Å²) in [4.78, 5) is 26.6. The summed E-state index contributed by atoms with van der Waals surface area (Å²) in [6.07, 6.45) is 0.278.